The SMILES string of the molecule is O=C(NC[C@@H]1CCCO1)Nc1ccc(NC(=O)c2ccco2)cc1. The molecule has 7 heteroatoms. The molecule has 0 bridgehead atoms. The third-order valence-electron chi connectivity index (χ3n) is 3.66. The molecule has 1 aromatic carbocycles. The molecule has 1 aliphatic rings. The van der Waals surface area contributed by atoms with Crippen LogP contribution in [0.15, 0.2) is 47.1 Å². The fourth-order valence-electron chi connectivity index (χ4n) is 2.42. The average molecular weight is 329 g/mol. The van der Waals surface area contributed by atoms with Crippen molar-refractivity contribution in [1.82, 2.24) is 5.32 Å². The number of benzene rings is 1. The Labute approximate surface area is 139 Å². The summed E-state index contributed by atoms with van der Waals surface area (Å²) in [5, 5.41) is 8.23. The van der Waals surface area contributed by atoms with Crippen LogP contribution in [0.25, 0.3) is 0 Å². The molecule has 3 rings (SSSR count). The summed E-state index contributed by atoms with van der Waals surface area (Å²) >= 11 is 0. The maximum atomic E-state index is 11.9. The van der Waals surface area contributed by atoms with Crippen molar-refractivity contribution in [3.05, 3.63) is 48.4 Å². The molecule has 1 atom stereocenters. The van der Waals surface area contributed by atoms with Crippen LogP contribution >= 0.6 is 0 Å². The van der Waals surface area contributed by atoms with Gasteiger partial charge in [-0.25, -0.2) is 4.79 Å². The van der Waals surface area contributed by atoms with Crippen molar-refractivity contribution >= 4 is 23.3 Å². The Morgan fingerprint density at radius 1 is 1.08 bits per heavy atom. The Bertz CT molecular complexity index is 676. The van der Waals surface area contributed by atoms with Crippen LogP contribution in [0.3, 0.4) is 0 Å². The Morgan fingerprint density at radius 2 is 1.83 bits per heavy atom. The van der Waals surface area contributed by atoms with E-state index in [0.29, 0.717) is 17.9 Å². The smallest absolute Gasteiger partial charge is 0.319 e. The summed E-state index contributed by atoms with van der Waals surface area (Å²) in [4.78, 5) is 23.7. The van der Waals surface area contributed by atoms with Gasteiger partial charge in [-0.15, -0.1) is 0 Å². The molecule has 1 saturated heterocycles. The van der Waals surface area contributed by atoms with Gasteiger partial charge in [-0.2, -0.15) is 0 Å². The average Bonchev–Trinajstić information content (AvgIpc) is 3.28. The van der Waals surface area contributed by atoms with Crippen LogP contribution < -0.4 is 16.0 Å². The summed E-state index contributed by atoms with van der Waals surface area (Å²) in [5.74, 6) is -0.0827. The van der Waals surface area contributed by atoms with Gasteiger partial charge in [-0.1, -0.05) is 0 Å². The number of carbonyl (C=O) groups excluding carboxylic acids is 2. The van der Waals surface area contributed by atoms with Crippen LogP contribution in [0.4, 0.5) is 16.2 Å². The third-order valence-corrected chi connectivity index (χ3v) is 3.66. The predicted molar refractivity (Wildman–Crippen MR) is 89.1 cm³/mol. The van der Waals surface area contributed by atoms with Crippen molar-refractivity contribution in [1.29, 1.82) is 0 Å². The van der Waals surface area contributed by atoms with Crippen LogP contribution in [-0.4, -0.2) is 31.2 Å². The largest absolute Gasteiger partial charge is 0.459 e. The molecule has 0 spiro atoms. The second kappa shape index (κ2) is 7.65. The highest BCUT2D eigenvalue weighted by Crippen LogP contribution is 2.15. The molecule has 1 aliphatic heterocycles. The van der Waals surface area contributed by atoms with E-state index in [-0.39, 0.29) is 23.8 Å². The van der Waals surface area contributed by atoms with Crippen molar-refractivity contribution in [2.45, 2.75) is 18.9 Å². The summed E-state index contributed by atoms with van der Waals surface area (Å²) in [6.45, 7) is 1.27. The predicted octanol–water partition coefficient (Wildman–Crippen LogP) is 2.83. The number of anilines is 2. The second-order valence-electron chi connectivity index (χ2n) is 5.48. The van der Waals surface area contributed by atoms with Gasteiger partial charge in [0.05, 0.1) is 12.4 Å². The molecule has 126 valence electrons. The molecule has 0 aliphatic carbocycles. The molecule has 2 aromatic rings. The second-order valence-corrected chi connectivity index (χ2v) is 5.48. The summed E-state index contributed by atoms with van der Waals surface area (Å²) in [6.07, 6.45) is 3.57. The molecule has 1 aromatic heterocycles. The van der Waals surface area contributed by atoms with Crippen LogP contribution in [0.1, 0.15) is 23.4 Å². The molecule has 0 saturated carbocycles. The first-order valence-electron chi connectivity index (χ1n) is 7.82. The Morgan fingerprint density at radius 3 is 2.46 bits per heavy atom. The minimum Gasteiger partial charge on any atom is -0.459 e. The zero-order valence-corrected chi connectivity index (χ0v) is 13.1. The van der Waals surface area contributed by atoms with Crippen LogP contribution in [0.2, 0.25) is 0 Å². The molecule has 24 heavy (non-hydrogen) atoms. The maximum absolute atomic E-state index is 11.9. The lowest BCUT2D eigenvalue weighted by molar-refractivity contribution is 0.0996. The van der Waals surface area contributed by atoms with E-state index in [1.807, 2.05) is 0 Å². The zero-order valence-electron chi connectivity index (χ0n) is 13.1. The number of urea groups is 1. The first-order chi connectivity index (χ1) is 11.7. The Hall–Kier alpha value is -2.80. The molecule has 7 nitrogen and oxygen atoms in total. The van der Waals surface area contributed by atoms with Crippen molar-refractivity contribution in [2.75, 3.05) is 23.8 Å². The summed E-state index contributed by atoms with van der Waals surface area (Å²) < 4.78 is 10.5. The third kappa shape index (κ3) is 4.36. The molecule has 3 amide bonds. The number of hydrogen-bond donors (Lipinski definition) is 3. The molecule has 1 fully saturated rings. The van der Waals surface area contributed by atoms with Crippen LogP contribution in [-0.2, 0) is 4.74 Å². The number of amides is 3. The lowest BCUT2D eigenvalue weighted by Gasteiger charge is -2.12. The van der Waals surface area contributed by atoms with Crippen LogP contribution in [0.5, 0.6) is 0 Å². The van der Waals surface area contributed by atoms with E-state index in [4.69, 9.17) is 9.15 Å². The Balaban J connectivity index is 1.47. The van der Waals surface area contributed by atoms with E-state index < -0.39 is 0 Å². The minimum absolute atomic E-state index is 0.106. The van der Waals surface area contributed by atoms with Gasteiger partial charge < -0.3 is 25.1 Å². The van der Waals surface area contributed by atoms with E-state index in [1.165, 1.54) is 6.26 Å². The summed E-state index contributed by atoms with van der Waals surface area (Å²) in [5.41, 5.74) is 1.25. The van der Waals surface area contributed by atoms with Gasteiger partial charge in [-0.05, 0) is 49.2 Å². The van der Waals surface area contributed by atoms with Gasteiger partial charge in [-0.3, -0.25) is 4.79 Å². The fourth-order valence-corrected chi connectivity index (χ4v) is 2.42. The normalized spacial score (nSPS) is 16.6. The molecule has 0 radical (unpaired) electrons. The molecule has 0 unspecified atom stereocenters. The van der Waals surface area contributed by atoms with E-state index in [1.54, 1.807) is 36.4 Å². The lowest BCUT2D eigenvalue weighted by Crippen LogP contribution is -2.35. The van der Waals surface area contributed by atoms with Gasteiger partial charge in [0.1, 0.15) is 0 Å². The topological polar surface area (TPSA) is 92.6 Å². The number of hydrogen-bond acceptors (Lipinski definition) is 4. The Kier molecular flexibility index (Phi) is 5.12. The van der Waals surface area contributed by atoms with E-state index in [2.05, 4.69) is 16.0 Å². The van der Waals surface area contributed by atoms with Gasteiger partial charge in [0, 0.05) is 24.5 Å². The van der Waals surface area contributed by atoms with Crippen molar-refractivity contribution < 1.29 is 18.7 Å². The van der Waals surface area contributed by atoms with Gasteiger partial charge >= 0.3 is 6.03 Å². The lowest BCUT2D eigenvalue weighted by atomic mass is 10.2. The first-order valence-corrected chi connectivity index (χ1v) is 7.82. The number of ether oxygens (including phenoxy) is 1. The first kappa shape index (κ1) is 16.1. The molecular weight excluding hydrogens is 310 g/mol. The van der Waals surface area contributed by atoms with E-state index in [9.17, 15) is 9.59 Å². The monoisotopic (exact) mass is 329 g/mol. The molecule has 3 N–H and O–H groups in total. The highest BCUT2D eigenvalue weighted by Gasteiger charge is 2.16. The molecule has 2 heterocycles. The number of furan rings is 1. The quantitative estimate of drug-likeness (QED) is 0.786. The van der Waals surface area contributed by atoms with Crippen molar-refractivity contribution in [3.63, 3.8) is 0 Å². The maximum Gasteiger partial charge on any atom is 0.319 e. The van der Waals surface area contributed by atoms with Crippen LogP contribution in [0, 0.1) is 0 Å². The van der Waals surface area contributed by atoms with E-state index in [0.717, 1.165) is 19.4 Å². The number of rotatable bonds is 5. The van der Waals surface area contributed by atoms with Crippen molar-refractivity contribution in [2.24, 2.45) is 0 Å². The summed E-state index contributed by atoms with van der Waals surface area (Å²) in [6, 6.07) is 9.79. The van der Waals surface area contributed by atoms with Gasteiger partial charge in [0.15, 0.2) is 5.76 Å². The minimum atomic E-state index is -0.324. The highest BCUT2D eigenvalue weighted by atomic mass is 16.5. The number of nitrogens with one attached hydrogen (secondary N) is 3. The molecular formula is C17H19N3O4. The fraction of sp³-hybridized carbons (Fsp3) is 0.294. The zero-order chi connectivity index (χ0) is 16.8. The summed E-state index contributed by atoms with van der Waals surface area (Å²) in [7, 11) is 0. The van der Waals surface area contributed by atoms with E-state index >= 15 is 0 Å². The highest BCUT2D eigenvalue weighted by molar-refractivity contribution is 6.02. The van der Waals surface area contributed by atoms with Gasteiger partial charge in [0.2, 0.25) is 0 Å². The standard InChI is InChI=1S/C17H19N3O4/c21-16(15-4-2-10-24-15)19-12-5-7-13(8-6-12)20-17(22)18-11-14-3-1-9-23-14/h2,4-8,10,14H,1,3,9,11H2,(H,19,21)(H2,18,20,22)/t14-/m0/s1. The van der Waals surface area contributed by atoms with Crippen molar-refractivity contribution in [3.8, 4) is 0 Å². The van der Waals surface area contributed by atoms with Gasteiger partial charge in [0.25, 0.3) is 5.91 Å². The number of carbonyl (C=O) groups is 2.